The molecule has 3 N–H and O–H groups in total. The summed E-state index contributed by atoms with van der Waals surface area (Å²) >= 11 is 0. The molecule has 0 heterocycles. The van der Waals surface area contributed by atoms with Crippen molar-refractivity contribution in [1.82, 2.24) is 5.32 Å². The van der Waals surface area contributed by atoms with Crippen LogP contribution in [0.1, 0.15) is 52.9 Å². The third kappa shape index (κ3) is 3.48. The first-order valence-corrected chi connectivity index (χ1v) is 6.52. The smallest absolute Gasteiger partial charge is 0.219 e. The highest BCUT2D eigenvalue weighted by molar-refractivity contribution is 5.75. The number of nitrogens with two attached hydrogens (primary N) is 1. The van der Waals surface area contributed by atoms with E-state index in [1.807, 2.05) is 0 Å². The Labute approximate surface area is 99.2 Å². The van der Waals surface area contributed by atoms with Crippen LogP contribution < -0.4 is 11.1 Å². The summed E-state index contributed by atoms with van der Waals surface area (Å²) < 4.78 is 0. The molecule has 3 heteroatoms. The second-order valence-electron chi connectivity index (χ2n) is 5.55. The first-order valence-electron chi connectivity index (χ1n) is 6.52. The topological polar surface area (TPSA) is 55.1 Å². The zero-order chi connectivity index (χ0) is 12.2. The van der Waals surface area contributed by atoms with Crippen molar-refractivity contribution >= 4 is 5.91 Å². The highest BCUT2D eigenvalue weighted by Gasteiger charge is 2.37. The fraction of sp³-hybridized carbons (Fsp3) is 0.923. The Bertz CT molecular complexity index is 236. The highest BCUT2D eigenvalue weighted by Crippen LogP contribution is 2.38. The number of nitrogens with one attached hydrogen (secondary N) is 1. The summed E-state index contributed by atoms with van der Waals surface area (Å²) in [6, 6.07) is 0. The summed E-state index contributed by atoms with van der Waals surface area (Å²) in [6.07, 6.45) is 5.19. The monoisotopic (exact) mass is 226 g/mol. The second-order valence-corrected chi connectivity index (χ2v) is 5.55. The van der Waals surface area contributed by atoms with Crippen LogP contribution in [0.15, 0.2) is 0 Å². The predicted molar refractivity (Wildman–Crippen MR) is 67.0 cm³/mol. The number of primary amides is 1. The number of amides is 1. The van der Waals surface area contributed by atoms with Crippen LogP contribution in [0.25, 0.3) is 0 Å². The molecule has 0 spiro atoms. The van der Waals surface area contributed by atoms with Gasteiger partial charge < -0.3 is 11.1 Å². The van der Waals surface area contributed by atoms with Crippen molar-refractivity contribution in [2.45, 2.75) is 58.4 Å². The maximum atomic E-state index is 11.2. The van der Waals surface area contributed by atoms with E-state index < -0.39 is 0 Å². The highest BCUT2D eigenvalue weighted by atomic mass is 16.1. The van der Waals surface area contributed by atoms with Gasteiger partial charge in [0.15, 0.2) is 0 Å². The van der Waals surface area contributed by atoms with Gasteiger partial charge in [0, 0.05) is 12.0 Å². The maximum Gasteiger partial charge on any atom is 0.219 e. The molecule has 1 aliphatic rings. The summed E-state index contributed by atoms with van der Waals surface area (Å²) in [5.74, 6) is 1.25. The molecule has 1 amide bonds. The Morgan fingerprint density at radius 3 is 2.75 bits per heavy atom. The lowest BCUT2D eigenvalue weighted by molar-refractivity contribution is -0.120. The van der Waals surface area contributed by atoms with Crippen molar-refractivity contribution in [2.75, 3.05) is 6.54 Å². The number of hydrogen-bond donors (Lipinski definition) is 2. The molecule has 2 atom stereocenters. The molecule has 0 aromatic heterocycles. The lowest BCUT2D eigenvalue weighted by atomic mass is 9.70. The first-order chi connectivity index (χ1) is 7.49. The Morgan fingerprint density at radius 1 is 1.56 bits per heavy atom. The van der Waals surface area contributed by atoms with E-state index in [9.17, 15) is 4.79 Å². The summed E-state index contributed by atoms with van der Waals surface area (Å²) in [5.41, 5.74) is 5.36. The fourth-order valence-electron chi connectivity index (χ4n) is 3.07. The molecular weight excluding hydrogens is 200 g/mol. The number of carbonyl (C=O) groups excluding carboxylic acids is 1. The van der Waals surface area contributed by atoms with E-state index in [1.165, 1.54) is 12.8 Å². The number of carbonyl (C=O) groups is 1. The molecule has 1 rings (SSSR count). The van der Waals surface area contributed by atoms with E-state index in [-0.39, 0.29) is 11.4 Å². The third-order valence-electron chi connectivity index (χ3n) is 3.89. The Kier molecular flexibility index (Phi) is 4.78. The van der Waals surface area contributed by atoms with Gasteiger partial charge in [0.1, 0.15) is 0 Å². The molecule has 16 heavy (non-hydrogen) atoms. The number of hydrogen-bond acceptors (Lipinski definition) is 2. The van der Waals surface area contributed by atoms with Crippen molar-refractivity contribution in [3.05, 3.63) is 0 Å². The van der Waals surface area contributed by atoms with Gasteiger partial charge in [-0.3, -0.25) is 4.79 Å². The van der Waals surface area contributed by atoms with E-state index >= 15 is 0 Å². The fourth-order valence-corrected chi connectivity index (χ4v) is 3.07. The zero-order valence-corrected chi connectivity index (χ0v) is 10.9. The van der Waals surface area contributed by atoms with E-state index in [2.05, 4.69) is 26.1 Å². The average molecular weight is 226 g/mol. The van der Waals surface area contributed by atoms with E-state index in [0.717, 1.165) is 25.3 Å². The molecule has 0 saturated heterocycles. The van der Waals surface area contributed by atoms with Crippen LogP contribution in [0.4, 0.5) is 0 Å². The molecule has 0 aromatic rings. The molecule has 0 aromatic carbocycles. The molecular formula is C13H26N2O. The maximum absolute atomic E-state index is 11.2. The minimum atomic E-state index is -0.176. The quantitative estimate of drug-likeness (QED) is 0.754. The van der Waals surface area contributed by atoms with Gasteiger partial charge in [0.2, 0.25) is 5.91 Å². The standard InChI is InChI=1S/C13H26N2O/c1-4-15-13(9-12(14)16)7-5-6-11(8-13)10(2)3/h10-11,15H,4-9H2,1-3H3,(H2,14,16). The minimum absolute atomic E-state index is 0.0201. The molecule has 0 aliphatic heterocycles. The molecule has 2 unspecified atom stereocenters. The molecule has 1 fully saturated rings. The van der Waals surface area contributed by atoms with Gasteiger partial charge in [-0.1, -0.05) is 33.6 Å². The molecule has 1 aliphatic carbocycles. The summed E-state index contributed by atoms with van der Waals surface area (Å²) in [7, 11) is 0. The lowest BCUT2D eigenvalue weighted by Crippen LogP contribution is -2.51. The third-order valence-corrected chi connectivity index (χ3v) is 3.89. The van der Waals surface area contributed by atoms with Gasteiger partial charge in [-0.2, -0.15) is 0 Å². The van der Waals surface area contributed by atoms with Gasteiger partial charge in [0.05, 0.1) is 0 Å². The Balaban J connectivity index is 2.71. The van der Waals surface area contributed by atoms with E-state index in [0.29, 0.717) is 12.3 Å². The van der Waals surface area contributed by atoms with Gasteiger partial charge in [0.25, 0.3) is 0 Å². The minimum Gasteiger partial charge on any atom is -0.370 e. The van der Waals surface area contributed by atoms with Crippen LogP contribution in [-0.4, -0.2) is 18.0 Å². The van der Waals surface area contributed by atoms with E-state index in [4.69, 9.17) is 5.73 Å². The largest absolute Gasteiger partial charge is 0.370 e. The average Bonchev–Trinajstić information content (AvgIpc) is 2.16. The van der Waals surface area contributed by atoms with Crippen molar-refractivity contribution in [2.24, 2.45) is 17.6 Å². The molecule has 3 nitrogen and oxygen atoms in total. The van der Waals surface area contributed by atoms with Gasteiger partial charge >= 0.3 is 0 Å². The normalized spacial score (nSPS) is 30.6. The SMILES string of the molecule is CCNC1(CC(N)=O)CCCC(C(C)C)C1. The van der Waals surface area contributed by atoms with Gasteiger partial charge in [-0.05, 0) is 31.2 Å². The first kappa shape index (κ1) is 13.5. The number of rotatable bonds is 5. The Hall–Kier alpha value is -0.570. The molecule has 1 saturated carbocycles. The summed E-state index contributed by atoms with van der Waals surface area (Å²) in [6.45, 7) is 7.56. The predicted octanol–water partition coefficient (Wildman–Crippen LogP) is 2.06. The zero-order valence-electron chi connectivity index (χ0n) is 10.9. The van der Waals surface area contributed by atoms with Crippen LogP contribution >= 0.6 is 0 Å². The van der Waals surface area contributed by atoms with Crippen LogP contribution in [0.5, 0.6) is 0 Å². The molecule has 0 bridgehead atoms. The van der Waals surface area contributed by atoms with Crippen LogP contribution in [0.3, 0.4) is 0 Å². The van der Waals surface area contributed by atoms with Crippen molar-refractivity contribution in [3.63, 3.8) is 0 Å². The van der Waals surface area contributed by atoms with E-state index in [1.54, 1.807) is 0 Å². The summed E-state index contributed by atoms with van der Waals surface area (Å²) in [5, 5.41) is 3.51. The molecule has 0 radical (unpaired) electrons. The van der Waals surface area contributed by atoms with Crippen LogP contribution in [-0.2, 0) is 4.79 Å². The van der Waals surface area contributed by atoms with Crippen LogP contribution in [0.2, 0.25) is 0 Å². The van der Waals surface area contributed by atoms with Crippen molar-refractivity contribution < 1.29 is 4.79 Å². The lowest BCUT2D eigenvalue weighted by Gasteiger charge is -2.42. The van der Waals surface area contributed by atoms with Gasteiger partial charge in [-0.25, -0.2) is 0 Å². The molecule has 94 valence electrons. The summed E-state index contributed by atoms with van der Waals surface area (Å²) in [4.78, 5) is 11.2. The van der Waals surface area contributed by atoms with Gasteiger partial charge in [-0.15, -0.1) is 0 Å². The van der Waals surface area contributed by atoms with Crippen molar-refractivity contribution in [3.8, 4) is 0 Å². The van der Waals surface area contributed by atoms with Crippen molar-refractivity contribution in [1.29, 1.82) is 0 Å². The second kappa shape index (κ2) is 5.67. The Morgan fingerprint density at radius 2 is 2.25 bits per heavy atom. The van der Waals surface area contributed by atoms with Crippen LogP contribution in [0, 0.1) is 11.8 Å².